The molecular formula is C22H22N4O5. The number of nitrogens with zero attached hydrogens (tertiary/aromatic N) is 3. The monoisotopic (exact) mass is 422 g/mol. The van der Waals surface area contributed by atoms with Crippen LogP contribution in [-0.2, 0) is 9.53 Å². The van der Waals surface area contributed by atoms with Crippen LogP contribution >= 0.6 is 0 Å². The highest BCUT2D eigenvalue weighted by Crippen LogP contribution is 2.14. The molecular weight excluding hydrogens is 400 g/mol. The first-order valence-corrected chi connectivity index (χ1v) is 9.79. The topological polar surface area (TPSA) is 116 Å². The van der Waals surface area contributed by atoms with E-state index in [2.05, 4.69) is 5.32 Å². The highest BCUT2D eigenvalue weighted by Gasteiger charge is 2.23. The van der Waals surface area contributed by atoms with E-state index < -0.39 is 11.9 Å². The minimum absolute atomic E-state index is 0.0553. The molecule has 1 saturated heterocycles. The van der Waals surface area contributed by atoms with Crippen LogP contribution in [0.1, 0.15) is 27.8 Å². The molecule has 3 rings (SSSR count). The highest BCUT2D eigenvalue weighted by atomic mass is 16.5. The number of furan rings is 1. The first kappa shape index (κ1) is 21.6. The van der Waals surface area contributed by atoms with Gasteiger partial charge >= 0.3 is 5.97 Å². The maximum Gasteiger partial charge on any atom is 0.338 e. The number of piperazine rings is 1. The van der Waals surface area contributed by atoms with Crippen molar-refractivity contribution in [1.29, 1.82) is 5.26 Å². The lowest BCUT2D eigenvalue weighted by Gasteiger charge is -2.33. The molecule has 1 aromatic heterocycles. The van der Waals surface area contributed by atoms with Crippen molar-refractivity contribution in [3.05, 3.63) is 65.8 Å². The van der Waals surface area contributed by atoms with E-state index in [1.54, 1.807) is 48.2 Å². The highest BCUT2D eigenvalue weighted by molar-refractivity contribution is 6.06. The maximum absolute atomic E-state index is 12.5. The van der Waals surface area contributed by atoms with Crippen LogP contribution in [0.2, 0.25) is 0 Å². The summed E-state index contributed by atoms with van der Waals surface area (Å²) < 4.78 is 10.1. The fourth-order valence-corrected chi connectivity index (χ4v) is 3.03. The molecule has 9 nitrogen and oxygen atoms in total. The lowest BCUT2D eigenvalue weighted by atomic mass is 10.2. The maximum atomic E-state index is 12.5. The van der Waals surface area contributed by atoms with Gasteiger partial charge < -0.3 is 24.3 Å². The van der Waals surface area contributed by atoms with Gasteiger partial charge in [-0.3, -0.25) is 9.59 Å². The van der Waals surface area contributed by atoms with Gasteiger partial charge in [-0.15, -0.1) is 0 Å². The quantitative estimate of drug-likeness (QED) is 0.431. The third-order valence-corrected chi connectivity index (χ3v) is 4.66. The molecule has 0 aliphatic carbocycles. The predicted octanol–water partition coefficient (Wildman–Crippen LogP) is 2.26. The molecule has 0 unspecified atom stereocenters. The molecule has 2 heterocycles. The Kier molecular flexibility index (Phi) is 7.06. The molecule has 2 aromatic rings. The number of anilines is 1. The van der Waals surface area contributed by atoms with Crippen molar-refractivity contribution in [1.82, 2.24) is 9.80 Å². The molecule has 1 N–H and O–H groups in total. The second-order valence-electron chi connectivity index (χ2n) is 6.71. The summed E-state index contributed by atoms with van der Waals surface area (Å²) in [6, 6.07) is 11.4. The molecule has 0 bridgehead atoms. The lowest BCUT2D eigenvalue weighted by molar-refractivity contribution is -0.112. The second kappa shape index (κ2) is 10.1. The minimum Gasteiger partial charge on any atom is -0.462 e. The van der Waals surface area contributed by atoms with Crippen LogP contribution in [0.5, 0.6) is 0 Å². The standard InChI is InChI=1S/C22H22N4O5/c1-2-30-22(29)16-5-7-18(8-6-16)24-20(27)17(14-23)15-25-9-11-26(12-10-25)21(28)19-4-3-13-31-19/h3-8,13,15H,2,9-12H2,1H3,(H,24,27)/b17-15-. The lowest BCUT2D eigenvalue weighted by Crippen LogP contribution is -2.47. The minimum atomic E-state index is -0.555. The van der Waals surface area contributed by atoms with Gasteiger partial charge in [0.25, 0.3) is 11.8 Å². The number of benzene rings is 1. The fraction of sp³-hybridized carbons (Fsp3) is 0.273. The number of nitriles is 1. The van der Waals surface area contributed by atoms with Gasteiger partial charge in [0.1, 0.15) is 11.6 Å². The Hall–Kier alpha value is -4.06. The fourth-order valence-electron chi connectivity index (χ4n) is 3.03. The van der Waals surface area contributed by atoms with Crippen LogP contribution in [0.4, 0.5) is 5.69 Å². The van der Waals surface area contributed by atoms with Gasteiger partial charge in [-0.05, 0) is 43.3 Å². The number of esters is 1. The summed E-state index contributed by atoms with van der Waals surface area (Å²) in [6.07, 6.45) is 2.95. The smallest absolute Gasteiger partial charge is 0.338 e. The van der Waals surface area contributed by atoms with E-state index in [9.17, 15) is 19.6 Å². The van der Waals surface area contributed by atoms with Crippen LogP contribution in [0.3, 0.4) is 0 Å². The number of amides is 2. The van der Waals surface area contributed by atoms with E-state index in [-0.39, 0.29) is 23.8 Å². The van der Waals surface area contributed by atoms with Gasteiger partial charge in [-0.1, -0.05) is 0 Å². The number of carbonyl (C=O) groups is 3. The zero-order valence-corrected chi connectivity index (χ0v) is 17.0. The van der Waals surface area contributed by atoms with Crippen molar-refractivity contribution in [2.75, 3.05) is 38.1 Å². The van der Waals surface area contributed by atoms with Crippen LogP contribution in [-0.4, -0.2) is 60.4 Å². The SMILES string of the molecule is CCOC(=O)c1ccc(NC(=O)/C(C#N)=C\N2CCN(C(=O)c3ccco3)CC2)cc1. The van der Waals surface area contributed by atoms with Crippen molar-refractivity contribution in [2.45, 2.75) is 6.92 Å². The molecule has 1 aromatic carbocycles. The Morgan fingerprint density at radius 1 is 1.16 bits per heavy atom. The van der Waals surface area contributed by atoms with Gasteiger partial charge in [-0.25, -0.2) is 4.79 Å². The van der Waals surface area contributed by atoms with E-state index in [1.165, 1.54) is 12.5 Å². The molecule has 0 atom stereocenters. The van der Waals surface area contributed by atoms with Gasteiger partial charge in [0, 0.05) is 38.1 Å². The molecule has 0 spiro atoms. The summed E-state index contributed by atoms with van der Waals surface area (Å²) in [5.41, 5.74) is 0.770. The Labute approximate surface area is 179 Å². The molecule has 160 valence electrons. The Morgan fingerprint density at radius 3 is 2.45 bits per heavy atom. The second-order valence-corrected chi connectivity index (χ2v) is 6.71. The number of rotatable bonds is 6. The molecule has 1 aliphatic rings. The summed E-state index contributed by atoms with van der Waals surface area (Å²) in [5.74, 6) is -0.892. The van der Waals surface area contributed by atoms with Crippen molar-refractivity contribution in [3.8, 4) is 6.07 Å². The third kappa shape index (κ3) is 5.51. The molecule has 1 fully saturated rings. The van der Waals surface area contributed by atoms with Crippen LogP contribution in [0.25, 0.3) is 0 Å². The van der Waals surface area contributed by atoms with E-state index in [0.29, 0.717) is 37.4 Å². The van der Waals surface area contributed by atoms with E-state index in [1.807, 2.05) is 11.0 Å². The van der Waals surface area contributed by atoms with Gasteiger partial charge in [-0.2, -0.15) is 5.26 Å². The van der Waals surface area contributed by atoms with E-state index in [4.69, 9.17) is 9.15 Å². The summed E-state index contributed by atoms with van der Waals surface area (Å²) in [4.78, 5) is 40.0. The van der Waals surface area contributed by atoms with Crippen molar-refractivity contribution >= 4 is 23.5 Å². The molecule has 1 aliphatic heterocycles. The zero-order chi connectivity index (χ0) is 22.2. The number of ether oxygens (including phenoxy) is 1. The van der Waals surface area contributed by atoms with Crippen molar-refractivity contribution in [2.24, 2.45) is 0 Å². The Morgan fingerprint density at radius 2 is 1.87 bits per heavy atom. The summed E-state index contributed by atoms with van der Waals surface area (Å²) in [6.45, 7) is 3.87. The van der Waals surface area contributed by atoms with Gasteiger partial charge in [0.2, 0.25) is 0 Å². The molecule has 0 radical (unpaired) electrons. The first-order chi connectivity index (χ1) is 15.0. The van der Waals surface area contributed by atoms with Gasteiger partial charge in [0.05, 0.1) is 18.4 Å². The summed E-state index contributed by atoms with van der Waals surface area (Å²) in [5, 5.41) is 12.0. The zero-order valence-electron chi connectivity index (χ0n) is 17.0. The Balaban J connectivity index is 1.56. The predicted molar refractivity (Wildman–Crippen MR) is 111 cm³/mol. The molecule has 2 amide bonds. The number of hydrogen-bond acceptors (Lipinski definition) is 7. The average Bonchev–Trinajstić information content (AvgIpc) is 3.33. The van der Waals surface area contributed by atoms with Crippen LogP contribution < -0.4 is 5.32 Å². The number of hydrogen-bond donors (Lipinski definition) is 1. The number of carbonyl (C=O) groups excluding carboxylic acids is 3. The van der Waals surface area contributed by atoms with Crippen molar-refractivity contribution < 1.29 is 23.5 Å². The van der Waals surface area contributed by atoms with Gasteiger partial charge in [0.15, 0.2) is 5.76 Å². The molecule has 31 heavy (non-hydrogen) atoms. The average molecular weight is 422 g/mol. The largest absolute Gasteiger partial charge is 0.462 e. The third-order valence-electron chi connectivity index (χ3n) is 4.66. The molecule has 9 heteroatoms. The summed E-state index contributed by atoms with van der Waals surface area (Å²) in [7, 11) is 0. The van der Waals surface area contributed by atoms with Crippen LogP contribution in [0, 0.1) is 11.3 Å². The van der Waals surface area contributed by atoms with Crippen molar-refractivity contribution in [3.63, 3.8) is 0 Å². The molecule has 0 saturated carbocycles. The van der Waals surface area contributed by atoms with E-state index in [0.717, 1.165) is 0 Å². The van der Waals surface area contributed by atoms with Crippen LogP contribution in [0.15, 0.2) is 58.9 Å². The first-order valence-electron chi connectivity index (χ1n) is 9.79. The van der Waals surface area contributed by atoms with E-state index >= 15 is 0 Å². The normalized spacial score (nSPS) is 14.0. The Bertz CT molecular complexity index is 998. The number of nitrogens with one attached hydrogen (secondary N) is 1. The summed E-state index contributed by atoms with van der Waals surface area (Å²) >= 11 is 0.